The second-order valence-corrected chi connectivity index (χ2v) is 5.91. The van der Waals surface area contributed by atoms with Gasteiger partial charge in [-0.1, -0.05) is 12.1 Å². The van der Waals surface area contributed by atoms with Gasteiger partial charge in [-0.05, 0) is 48.5 Å². The standard InChI is InChI=1S/C20H13N3O4/c24-16-11-9-14(10-12-16)22-19(13-5-7-15(8-6-13)23(26)27)21-18-4-2-1-3-17(18)20(22)25/h1-12,24H. The van der Waals surface area contributed by atoms with Crippen LogP contribution < -0.4 is 5.56 Å². The molecule has 0 saturated heterocycles. The van der Waals surface area contributed by atoms with Crippen molar-refractivity contribution in [3.05, 3.63) is 93.3 Å². The van der Waals surface area contributed by atoms with Crippen LogP contribution in [0.5, 0.6) is 5.75 Å². The molecule has 0 amide bonds. The van der Waals surface area contributed by atoms with Crippen LogP contribution in [0.2, 0.25) is 0 Å². The highest BCUT2D eigenvalue weighted by atomic mass is 16.6. The minimum Gasteiger partial charge on any atom is -0.508 e. The molecule has 0 aliphatic rings. The first-order chi connectivity index (χ1) is 13.0. The van der Waals surface area contributed by atoms with E-state index in [1.807, 2.05) is 0 Å². The number of non-ortho nitro benzene ring substituents is 1. The number of fused-ring (bicyclic) bond motifs is 1. The molecule has 27 heavy (non-hydrogen) atoms. The van der Waals surface area contributed by atoms with Crippen LogP contribution in [0.4, 0.5) is 5.69 Å². The lowest BCUT2D eigenvalue weighted by Crippen LogP contribution is -2.21. The fourth-order valence-corrected chi connectivity index (χ4v) is 2.90. The van der Waals surface area contributed by atoms with Gasteiger partial charge in [0, 0.05) is 17.7 Å². The normalized spacial score (nSPS) is 10.8. The summed E-state index contributed by atoms with van der Waals surface area (Å²) >= 11 is 0. The summed E-state index contributed by atoms with van der Waals surface area (Å²) in [5.74, 6) is 0.441. The van der Waals surface area contributed by atoms with Gasteiger partial charge in [0.2, 0.25) is 0 Å². The van der Waals surface area contributed by atoms with Crippen molar-refractivity contribution in [3.8, 4) is 22.8 Å². The van der Waals surface area contributed by atoms with Crippen LogP contribution in [-0.4, -0.2) is 19.6 Å². The zero-order chi connectivity index (χ0) is 19.0. The van der Waals surface area contributed by atoms with Gasteiger partial charge in [-0.25, -0.2) is 4.98 Å². The fraction of sp³-hybridized carbons (Fsp3) is 0. The smallest absolute Gasteiger partial charge is 0.269 e. The molecule has 132 valence electrons. The largest absolute Gasteiger partial charge is 0.508 e. The lowest BCUT2D eigenvalue weighted by atomic mass is 10.1. The van der Waals surface area contributed by atoms with Crippen molar-refractivity contribution in [2.75, 3.05) is 0 Å². The number of aromatic nitrogens is 2. The number of rotatable bonds is 3. The predicted molar refractivity (Wildman–Crippen MR) is 101 cm³/mol. The van der Waals surface area contributed by atoms with Gasteiger partial charge in [0.25, 0.3) is 11.2 Å². The second kappa shape index (κ2) is 6.38. The number of nitrogens with zero attached hydrogens (tertiary/aromatic N) is 3. The van der Waals surface area contributed by atoms with Gasteiger partial charge in [0.05, 0.1) is 21.5 Å². The maximum atomic E-state index is 13.1. The van der Waals surface area contributed by atoms with Crippen molar-refractivity contribution in [1.29, 1.82) is 0 Å². The van der Waals surface area contributed by atoms with E-state index in [-0.39, 0.29) is 17.0 Å². The van der Waals surface area contributed by atoms with Gasteiger partial charge < -0.3 is 5.11 Å². The molecule has 1 aromatic heterocycles. The average Bonchev–Trinajstić information content (AvgIpc) is 2.69. The zero-order valence-corrected chi connectivity index (χ0v) is 13.9. The number of nitro groups is 1. The monoisotopic (exact) mass is 359 g/mol. The van der Waals surface area contributed by atoms with Gasteiger partial charge in [-0.15, -0.1) is 0 Å². The van der Waals surface area contributed by atoms with E-state index >= 15 is 0 Å². The van der Waals surface area contributed by atoms with E-state index in [0.29, 0.717) is 28.0 Å². The number of hydrogen-bond donors (Lipinski definition) is 1. The van der Waals surface area contributed by atoms with Crippen LogP contribution in [0.25, 0.3) is 28.0 Å². The van der Waals surface area contributed by atoms with Gasteiger partial charge >= 0.3 is 0 Å². The van der Waals surface area contributed by atoms with E-state index in [1.54, 1.807) is 48.5 Å². The highest BCUT2D eigenvalue weighted by Crippen LogP contribution is 2.25. The molecule has 0 aliphatic heterocycles. The van der Waals surface area contributed by atoms with E-state index in [4.69, 9.17) is 0 Å². The average molecular weight is 359 g/mol. The van der Waals surface area contributed by atoms with Crippen LogP contribution in [0.1, 0.15) is 0 Å². The quantitative estimate of drug-likeness (QED) is 0.444. The number of phenols is 1. The molecule has 0 bridgehead atoms. The maximum absolute atomic E-state index is 13.1. The first kappa shape index (κ1) is 16.5. The van der Waals surface area contributed by atoms with E-state index in [0.717, 1.165) is 0 Å². The Hall–Kier alpha value is -4.00. The van der Waals surface area contributed by atoms with Crippen molar-refractivity contribution in [2.24, 2.45) is 0 Å². The highest BCUT2D eigenvalue weighted by Gasteiger charge is 2.15. The maximum Gasteiger partial charge on any atom is 0.269 e. The summed E-state index contributed by atoms with van der Waals surface area (Å²) in [4.78, 5) is 28.2. The molecule has 0 atom stereocenters. The Morgan fingerprint density at radius 2 is 1.59 bits per heavy atom. The molecule has 4 rings (SSSR count). The predicted octanol–water partition coefficient (Wildman–Crippen LogP) is 3.67. The lowest BCUT2D eigenvalue weighted by Gasteiger charge is -2.14. The molecule has 0 saturated carbocycles. The summed E-state index contributed by atoms with van der Waals surface area (Å²) in [6.45, 7) is 0. The third kappa shape index (κ3) is 2.91. The Balaban J connectivity index is 2.03. The first-order valence-electron chi connectivity index (χ1n) is 8.10. The third-order valence-corrected chi connectivity index (χ3v) is 4.22. The molecule has 7 heteroatoms. The molecule has 0 spiro atoms. The molecule has 0 fully saturated rings. The molecular weight excluding hydrogens is 346 g/mol. The summed E-state index contributed by atoms with van der Waals surface area (Å²) in [6, 6.07) is 19.1. The summed E-state index contributed by atoms with van der Waals surface area (Å²) in [7, 11) is 0. The molecular formula is C20H13N3O4. The SMILES string of the molecule is O=c1c2ccccc2nc(-c2ccc([N+](=O)[O-])cc2)n1-c1ccc(O)cc1. The van der Waals surface area contributed by atoms with Crippen molar-refractivity contribution in [3.63, 3.8) is 0 Å². The number of aromatic hydroxyl groups is 1. The third-order valence-electron chi connectivity index (χ3n) is 4.22. The Morgan fingerprint density at radius 3 is 2.26 bits per heavy atom. The second-order valence-electron chi connectivity index (χ2n) is 5.91. The zero-order valence-electron chi connectivity index (χ0n) is 13.9. The number of nitro benzene ring substituents is 1. The van der Waals surface area contributed by atoms with Crippen molar-refractivity contribution in [2.45, 2.75) is 0 Å². The molecule has 0 aliphatic carbocycles. The number of benzene rings is 3. The molecule has 7 nitrogen and oxygen atoms in total. The van der Waals surface area contributed by atoms with Crippen molar-refractivity contribution >= 4 is 16.6 Å². The minimum atomic E-state index is -0.481. The van der Waals surface area contributed by atoms with Crippen LogP contribution >= 0.6 is 0 Å². The molecule has 1 heterocycles. The Bertz CT molecular complexity index is 1210. The molecule has 0 radical (unpaired) electrons. The van der Waals surface area contributed by atoms with Gasteiger partial charge in [-0.2, -0.15) is 0 Å². The van der Waals surface area contributed by atoms with E-state index in [9.17, 15) is 20.0 Å². The fourth-order valence-electron chi connectivity index (χ4n) is 2.90. The van der Waals surface area contributed by atoms with E-state index in [2.05, 4.69) is 4.98 Å². The van der Waals surface area contributed by atoms with Crippen LogP contribution in [0, 0.1) is 10.1 Å². The minimum absolute atomic E-state index is 0.0435. The van der Waals surface area contributed by atoms with Crippen LogP contribution in [-0.2, 0) is 0 Å². The van der Waals surface area contributed by atoms with Gasteiger partial charge in [-0.3, -0.25) is 19.5 Å². The Labute approximate surface area is 152 Å². The number of para-hydroxylation sites is 1. The Kier molecular flexibility index (Phi) is 3.89. The number of hydrogen-bond acceptors (Lipinski definition) is 5. The van der Waals surface area contributed by atoms with Crippen LogP contribution in [0.3, 0.4) is 0 Å². The van der Waals surface area contributed by atoms with Crippen molar-refractivity contribution in [1.82, 2.24) is 9.55 Å². The molecule has 1 N–H and O–H groups in total. The van der Waals surface area contributed by atoms with E-state index < -0.39 is 4.92 Å². The molecule has 4 aromatic rings. The topological polar surface area (TPSA) is 98.3 Å². The first-order valence-corrected chi connectivity index (χ1v) is 8.10. The van der Waals surface area contributed by atoms with E-state index in [1.165, 1.54) is 28.8 Å². The summed E-state index contributed by atoms with van der Waals surface area (Å²) < 4.78 is 1.43. The summed E-state index contributed by atoms with van der Waals surface area (Å²) in [5.41, 5.74) is 1.32. The Morgan fingerprint density at radius 1 is 0.926 bits per heavy atom. The van der Waals surface area contributed by atoms with Crippen molar-refractivity contribution < 1.29 is 10.0 Å². The van der Waals surface area contributed by atoms with Gasteiger partial charge in [0.1, 0.15) is 11.6 Å². The number of phenolic OH excluding ortho intramolecular Hbond substituents is 1. The van der Waals surface area contributed by atoms with Gasteiger partial charge in [0.15, 0.2) is 0 Å². The van der Waals surface area contributed by atoms with Crippen LogP contribution in [0.15, 0.2) is 77.6 Å². The summed E-state index contributed by atoms with van der Waals surface area (Å²) in [5, 5.41) is 20.9. The highest BCUT2D eigenvalue weighted by molar-refractivity contribution is 5.80. The molecule has 3 aromatic carbocycles. The molecule has 0 unspecified atom stereocenters. The summed E-state index contributed by atoms with van der Waals surface area (Å²) in [6.07, 6.45) is 0. The lowest BCUT2D eigenvalue weighted by molar-refractivity contribution is -0.384.